The lowest BCUT2D eigenvalue weighted by Gasteiger charge is -2.39. The summed E-state index contributed by atoms with van der Waals surface area (Å²) in [5.41, 5.74) is 0. The van der Waals surface area contributed by atoms with Crippen molar-refractivity contribution in [2.45, 2.75) is 56.7 Å². The van der Waals surface area contributed by atoms with Crippen LogP contribution in [0.2, 0.25) is 0 Å². The number of hydrogen-bond donors (Lipinski definition) is 5. The molecule has 0 saturated carbocycles. The molecule has 0 aromatic carbocycles. The standard InChI is InChI=1S/C18H26FN3O9/c1-9(23)21-16-17(28)15(19)10(31-18(16)29)8-30-14(27)5-2-11(24)20-6-7-22-12(25)3-4-13(22)26/h3-4,10,12,15-18,25,28-29H,2,5-8H2,1H3,(H,20,24)(H,21,23)/t10-,12?,15-,16-,17+,18?/m1/s1. The zero-order valence-electron chi connectivity index (χ0n) is 16.8. The van der Waals surface area contributed by atoms with Crippen molar-refractivity contribution in [2.24, 2.45) is 0 Å². The zero-order chi connectivity index (χ0) is 23.1. The van der Waals surface area contributed by atoms with Crippen LogP contribution in [0.4, 0.5) is 4.39 Å². The van der Waals surface area contributed by atoms with Crippen molar-refractivity contribution < 1.29 is 48.4 Å². The van der Waals surface area contributed by atoms with Crippen molar-refractivity contribution in [3.8, 4) is 0 Å². The highest BCUT2D eigenvalue weighted by molar-refractivity contribution is 5.90. The molecule has 0 spiro atoms. The molecule has 2 aliphatic rings. The third-order valence-corrected chi connectivity index (χ3v) is 4.69. The number of carbonyl (C=O) groups excluding carboxylic acids is 4. The van der Waals surface area contributed by atoms with Gasteiger partial charge in [0.15, 0.2) is 12.5 Å². The Morgan fingerprint density at radius 2 is 1.97 bits per heavy atom. The van der Waals surface area contributed by atoms with Crippen LogP contribution in [0, 0.1) is 0 Å². The number of ether oxygens (including phenoxy) is 2. The van der Waals surface area contributed by atoms with Crippen LogP contribution in [0.25, 0.3) is 0 Å². The zero-order valence-corrected chi connectivity index (χ0v) is 16.8. The van der Waals surface area contributed by atoms with E-state index >= 15 is 0 Å². The molecule has 3 amide bonds. The maximum Gasteiger partial charge on any atom is 0.306 e. The Morgan fingerprint density at radius 1 is 1.26 bits per heavy atom. The second kappa shape index (κ2) is 11.1. The molecule has 1 fully saturated rings. The lowest BCUT2D eigenvalue weighted by Crippen LogP contribution is -2.62. The summed E-state index contributed by atoms with van der Waals surface area (Å²) in [6, 6.07) is -1.36. The van der Waals surface area contributed by atoms with E-state index in [1.54, 1.807) is 0 Å². The normalized spacial score (nSPS) is 30.2. The van der Waals surface area contributed by atoms with Crippen LogP contribution < -0.4 is 10.6 Å². The first-order valence-corrected chi connectivity index (χ1v) is 9.62. The summed E-state index contributed by atoms with van der Waals surface area (Å²) < 4.78 is 24.1. The minimum atomic E-state index is -2.03. The van der Waals surface area contributed by atoms with Crippen molar-refractivity contribution in [1.82, 2.24) is 15.5 Å². The molecule has 0 aromatic heterocycles. The van der Waals surface area contributed by atoms with E-state index in [1.165, 1.54) is 12.2 Å². The average Bonchev–Trinajstić information content (AvgIpc) is 3.03. The van der Waals surface area contributed by atoms with Crippen molar-refractivity contribution in [3.63, 3.8) is 0 Å². The number of nitrogens with zero attached hydrogens (tertiary/aromatic N) is 1. The summed E-state index contributed by atoms with van der Waals surface area (Å²) in [5, 5.41) is 33.9. The molecular weight excluding hydrogens is 421 g/mol. The first-order chi connectivity index (χ1) is 14.6. The Hall–Kier alpha value is -2.61. The van der Waals surface area contributed by atoms with Crippen LogP contribution in [0.15, 0.2) is 12.2 Å². The van der Waals surface area contributed by atoms with Gasteiger partial charge < -0.3 is 40.3 Å². The van der Waals surface area contributed by atoms with Crippen LogP contribution in [0.5, 0.6) is 0 Å². The molecule has 2 unspecified atom stereocenters. The van der Waals surface area contributed by atoms with Crippen LogP contribution >= 0.6 is 0 Å². The maximum absolute atomic E-state index is 14.3. The molecule has 0 aromatic rings. The number of esters is 1. The predicted octanol–water partition coefficient (Wildman–Crippen LogP) is -2.94. The Bertz CT molecular complexity index is 719. The summed E-state index contributed by atoms with van der Waals surface area (Å²) in [4.78, 5) is 47.2. The third kappa shape index (κ3) is 6.95. The lowest BCUT2D eigenvalue weighted by atomic mass is 9.98. The molecule has 2 aliphatic heterocycles. The van der Waals surface area contributed by atoms with Gasteiger partial charge in [0.1, 0.15) is 31.1 Å². The molecule has 174 valence electrons. The monoisotopic (exact) mass is 447 g/mol. The minimum absolute atomic E-state index is 0.0725. The molecule has 31 heavy (non-hydrogen) atoms. The van der Waals surface area contributed by atoms with E-state index in [0.717, 1.165) is 11.8 Å². The number of halogens is 1. The molecular formula is C18H26FN3O9. The van der Waals surface area contributed by atoms with Gasteiger partial charge in [-0.25, -0.2) is 4.39 Å². The molecule has 6 atom stereocenters. The average molecular weight is 447 g/mol. The fourth-order valence-corrected chi connectivity index (χ4v) is 3.06. The summed E-state index contributed by atoms with van der Waals surface area (Å²) in [7, 11) is 0. The van der Waals surface area contributed by atoms with Crippen molar-refractivity contribution in [3.05, 3.63) is 12.2 Å². The quantitative estimate of drug-likeness (QED) is 0.232. The Labute approximate surface area is 177 Å². The van der Waals surface area contributed by atoms with Crippen molar-refractivity contribution in [1.29, 1.82) is 0 Å². The van der Waals surface area contributed by atoms with Gasteiger partial charge in [-0.15, -0.1) is 0 Å². The molecule has 0 radical (unpaired) electrons. The predicted molar refractivity (Wildman–Crippen MR) is 99.4 cm³/mol. The number of hydrogen-bond acceptors (Lipinski definition) is 9. The van der Waals surface area contributed by atoms with Crippen molar-refractivity contribution >= 4 is 23.7 Å². The number of carbonyl (C=O) groups is 4. The van der Waals surface area contributed by atoms with E-state index < -0.39 is 61.3 Å². The SMILES string of the molecule is CC(=O)N[C@H]1C(O)O[C@H](COC(=O)CCC(=O)NCCN2C(=O)C=CC2O)[C@@H](F)[C@@H]1O. The number of rotatable bonds is 9. The van der Waals surface area contributed by atoms with Gasteiger partial charge in [0.05, 0.1) is 6.42 Å². The molecule has 2 rings (SSSR count). The highest BCUT2D eigenvalue weighted by Crippen LogP contribution is 2.23. The molecule has 0 bridgehead atoms. The Morgan fingerprint density at radius 3 is 2.58 bits per heavy atom. The second-order valence-corrected chi connectivity index (χ2v) is 7.06. The van der Waals surface area contributed by atoms with Gasteiger partial charge in [-0.1, -0.05) is 0 Å². The van der Waals surface area contributed by atoms with Crippen LogP contribution in [0.3, 0.4) is 0 Å². The van der Waals surface area contributed by atoms with E-state index in [-0.39, 0.29) is 31.8 Å². The molecule has 5 N–H and O–H groups in total. The van der Waals surface area contributed by atoms with E-state index in [1.807, 2.05) is 0 Å². The number of amides is 3. The maximum atomic E-state index is 14.3. The summed E-state index contributed by atoms with van der Waals surface area (Å²) in [5.74, 6) is -2.29. The molecule has 2 heterocycles. The van der Waals surface area contributed by atoms with Crippen LogP contribution in [0.1, 0.15) is 19.8 Å². The first kappa shape index (κ1) is 24.7. The number of aliphatic hydroxyl groups excluding tert-OH is 3. The number of alkyl halides is 1. The summed E-state index contributed by atoms with van der Waals surface area (Å²) >= 11 is 0. The van der Waals surface area contributed by atoms with Crippen LogP contribution in [-0.4, -0.2) is 101 Å². The van der Waals surface area contributed by atoms with Gasteiger partial charge in [0.25, 0.3) is 0 Å². The number of aliphatic hydroxyl groups is 3. The smallest absolute Gasteiger partial charge is 0.306 e. The van der Waals surface area contributed by atoms with Gasteiger partial charge in [-0.05, 0) is 6.08 Å². The molecule has 13 heteroatoms. The molecule has 1 saturated heterocycles. The van der Waals surface area contributed by atoms with Gasteiger partial charge in [0, 0.05) is 32.5 Å². The number of nitrogens with one attached hydrogen (secondary N) is 2. The molecule has 0 aliphatic carbocycles. The lowest BCUT2D eigenvalue weighted by molar-refractivity contribution is -0.242. The Kier molecular flexibility index (Phi) is 8.86. The largest absolute Gasteiger partial charge is 0.463 e. The van der Waals surface area contributed by atoms with E-state index in [9.17, 15) is 38.9 Å². The van der Waals surface area contributed by atoms with Gasteiger partial charge in [-0.3, -0.25) is 19.2 Å². The first-order valence-electron chi connectivity index (χ1n) is 9.62. The highest BCUT2D eigenvalue weighted by atomic mass is 19.1. The second-order valence-electron chi connectivity index (χ2n) is 7.06. The van der Waals surface area contributed by atoms with Gasteiger partial charge in [0.2, 0.25) is 17.7 Å². The van der Waals surface area contributed by atoms with E-state index in [0.29, 0.717) is 0 Å². The fourth-order valence-electron chi connectivity index (χ4n) is 3.06. The summed E-state index contributed by atoms with van der Waals surface area (Å²) in [6.45, 7) is 0.681. The highest BCUT2D eigenvalue weighted by Gasteiger charge is 2.46. The fraction of sp³-hybridized carbons (Fsp3) is 0.667. The van der Waals surface area contributed by atoms with Gasteiger partial charge >= 0.3 is 5.97 Å². The Balaban J connectivity index is 1.65. The minimum Gasteiger partial charge on any atom is -0.463 e. The summed E-state index contributed by atoms with van der Waals surface area (Å²) in [6.07, 6.45) is -5.99. The molecule has 12 nitrogen and oxygen atoms in total. The van der Waals surface area contributed by atoms with E-state index in [2.05, 4.69) is 10.6 Å². The van der Waals surface area contributed by atoms with Gasteiger partial charge in [-0.2, -0.15) is 0 Å². The van der Waals surface area contributed by atoms with Crippen molar-refractivity contribution in [2.75, 3.05) is 19.7 Å². The van der Waals surface area contributed by atoms with E-state index in [4.69, 9.17) is 9.47 Å². The topological polar surface area (TPSA) is 175 Å². The van der Waals surface area contributed by atoms with Crippen LogP contribution in [-0.2, 0) is 28.7 Å². The third-order valence-electron chi connectivity index (χ3n) is 4.69.